The number of H-pyrrole nitrogens is 1. The number of hydrogen-bond donors (Lipinski definition) is 3. The molecular weight excluding hydrogens is 551 g/mol. The molecule has 1 fully saturated rings. The first-order valence-corrected chi connectivity index (χ1v) is 14.2. The van der Waals surface area contributed by atoms with Crippen LogP contribution in [0.3, 0.4) is 0 Å². The Morgan fingerprint density at radius 2 is 1.79 bits per heavy atom. The molecule has 200 valence electrons. The number of thiazole rings is 1. The minimum Gasteiger partial charge on any atom is -0.351 e. The number of carbonyl (C=O) groups excluding carboxylic acids is 1. The number of carbonyl (C=O) groups is 1. The fourth-order valence-corrected chi connectivity index (χ4v) is 7.00. The summed E-state index contributed by atoms with van der Waals surface area (Å²) in [5, 5.41) is 2.82. The molecular formula is C26H20F3N5O3S2. The number of anilines is 1. The van der Waals surface area contributed by atoms with Gasteiger partial charge < -0.3 is 10.3 Å². The average Bonchev–Trinajstić information content (AvgIpc) is 3.56. The summed E-state index contributed by atoms with van der Waals surface area (Å²) in [6.07, 6.45) is -4.16. The molecule has 39 heavy (non-hydrogen) atoms. The van der Waals surface area contributed by atoms with Crippen LogP contribution in [-0.4, -0.2) is 29.3 Å². The number of amides is 1. The van der Waals surface area contributed by atoms with Gasteiger partial charge in [-0.1, -0.05) is 47.7 Å². The molecule has 1 amide bonds. The summed E-state index contributed by atoms with van der Waals surface area (Å²) < 4.78 is 66.5. The molecule has 2 atom stereocenters. The van der Waals surface area contributed by atoms with E-state index in [9.17, 15) is 26.4 Å². The molecule has 0 radical (unpaired) electrons. The van der Waals surface area contributed by atoms with Crippen LogP contribution in [0.1, 0.15) is 40.2 Å². The van der Waals surface area contributed by atoms with Crippen molar-refractivity contribution in [1.29, 1.82) is 0 Å². The van der Waals surface area contributed by atoms with Gasteiger partial charge in [-0.15, -0.1) is 0 Å². The normalized spacial score (nSPS) is 17.9. The van der Waals surface area contributed by atoms with Crippen LogP contribution in [0, 0.1) is 0 Å². The van der Waals surface area contributed by atoms with Crippen molar-refractivity contribution in [2.75, 3.05) is 5.32 Å². The van der Waals surface area contributed by atoms with Crippen LogP contribution >= 0.6 is 11.3 Å². The van der Waals surface area contributed by atoms with Crippen molar-refractivity contribution in [3.05, 3.63) is 89.2 Å². The van der Waals surface area contributed by atoms with E-state index in [4.69, 9.17) is 4.98 Å². The molecule has 0 spiro atoms. The van der Waals surface area contributed by atoms with E-state index in [2.05, 4.69) is 15.3 Å². The third-order valence-electron chi connectivity index (χ3n) is 6.54. The van der Waals surface area contributed by atoms with E-state index in [1.807, 2.05) is 29.0 Å². The van der Waals surface area contributed by atoms with Gasteiger partial charge >= 0.3 is 6.18 Å². The lowest BCUT2D eigenvalue weighted by molar-refractivity contribution is -0.137. The number of para-hydroxylation sites is 2. The highest BCUT2D eigenvalue weighted by molar-refractivity contribution is 7.90. The number of rotatable bonds is 6. The first kappa shape index (κ1) is 25.3. The van der Waals surface area contributed by atoms with E-state index in [-0.39, 0.29) is 6.42 Å². The topological polar surface area (TPSA) is 117 Å². The molecule has 0 saturated carbocycles. The Hall–Kier alpha value is -3.97. The van der Waals surface area contributed by atoms with E-state index in [0.29, 0.717) is 33.2 Å². The van der Waals surface area contributed by atoms with Crippen molar-refractivity contribution < 1.29 is 26.4 Å². The minimum atomic E-state index is -4.45. The molecule has 1 aliphatic rings. The number of imidazole rings is 1. The molecule has 3 N–H and O–H groups in total. The quantitative estimate of drug-likeness (QED) is 0.249. The molecule has 1 aliphatic heterocycles. The van der Waals surface area contributed by atoms with E-state index < -0.39 is 39.0 Å². The lowest BCUT2D eigenvalue weighted by Crippen LogP contribution is -2.21. The number of sulfonamides is 1. The molecule has 0 unspecified atom stereocenters. The van der Waals surface area contributed by atoms with E-state index >= 15 is 0 Å². The Balaban J connectivity index is 1.31. The molecule has 8 nitrogen and oxygen atoms in total. The monoisotopic (exact) mass is 571 g/mol. The number of alkyl halides is 3. The Morgan fingerprint density at radius 1 is 1.03 bits per heavy atom. The Kier molecular flexibility index (Phi) is 6.07. The van der Waals surface area contributed by atoms with Gasteiger partial charge in [-0.05, 0) is 47.9 Å². The molecule has 2 aromatic heterocycles. The van der Waals surface area contributed by atoms with Crippen LogP contribution in [0.15, 0.2) is 66.7 Å². The highest BCUT2D eigenvalue weighted by atomic mass is 32.2. The fourth-order valence-electron chi connectivity index (χ4n) is 4.62. The van der Waals surface area contributed by atoms with Gasteiger partial charge in [0.15, 0.2) is 5.13 Å². The second kappa shape index (κ2) is 9.35. The van der Waals surface area contributed by atoms with Gasteiger partial charge in [-0.3, -0.25) is 9.52 Å². The SMILES string of the molecule is O=C1C[C@@H](c2ccc(C[C@H](Nc3nc4ccc(C(F)(F)F)cc4s3)c3nc4ccccc4[nH]3)cc2)S(=O)(=O)N1. The second-order valence-electron chi connectivity index (χ2n) is 9.24. The maximum absolute atomic E-state index is 13.2. The molecule has 13 heteroatoms. The number of aromatic nitrogens is 3. The average molecular weight is 572 g/mol. The van der Waals surface area contributed by atoms with Gasteiger partial charge in [0.2, 0.25) is 15.9 Å². The van der Waals surface area contributed by atoms with Crippen LogP contribution in [-0.2, 0) is 27.4 Å². The van der Waals surface area contributed by atoms with Crippen molar-refractivity contribution >= 4 is 53.6 Å². The number of nitrogens with zero attached hydrogens (tertiary/aromatic N) is 2. The number of nitrogens with one attached hydrogen (secondary N) is 3. The zero-order valence-corrected chi connectivity index (χ0v) is 21.6. The fraction of sp³-hybridized carbons (Fsp3) is 0.192. The highest BCUT2D eigenvalue weighted by Gasteiger charge is 2.37. The number of fused-ring (bicyclic) bond motifs is 2. The maximum Gasteiger partial charge on any atom is 0.416 e. The third-order valence-corrected chi connectivity index (χ3v) is 9.19. The van der Waals surface area contributed by atoms with Crippen LogP contribution in [0.4, 0.5) is 18.3 Å². The van der Waals surface area contributed by atoms with E-state index in [1.165, 1.54) is 6.07 Å². The number of halogens is 3. The summed E-state index contributed by atoms with van der Waals surface area (Å²) in [6, 6.07) is 17.5. The molecule has 1 saturated heterocycles. The summed E-state index contributed by atoms with van der Waals surface area (Å²) in [7, 11) is -3.75. The standard InChI is InChI=1S/C26H20F3N5O3S2/c27-26(28,29)16-9-10-19-21(12-16)38-25(32-19)33-20(24-30-17-3-1-2-4-18(17)31-24)11-14-5-7-15(8-6-14)22-13-23(35)34-39(22,36)37/h1-10,12,20,22H,11,13H2,(H,30,31)(H,32,33)(H,34,35)/t20-,22-/m0/s1. The Morgan fingerprint density at radius 3 is 2.49 bits per heavy atom. The molecule has 0 bridgehead atoms. The lowest BCUT2D eigenvalue weighted by atomic mass is 10.0. The molecule has 0 aliphatic carbocycles. The zero-order valence-electron chi connectivity index (χ0n) is 20.0. The molecule has 3 heterocycles. The highest BCUT2D eigenvalue weighted by Crippen LogP contribution is 2.36. The molecule has 3 aromatic carbocycles. The summed E-state index contributed by atoms with van der Waals surface area (Å²) in [4.78, 5) is 24.1. The summed E-state index contributed by atoms with van der Waals surface area (Å²) >= 11 is 1.12. The largest absolute Gasteiger partial charge is 0.416 e. The van der Waals surface area contributed by atoms with Gasteiger partial charge in [-0.25, -0.2) is 18.4 Å². The van der Waals surface area contributed by atoms with Crippen molar-refractivity contribution in [1.82, 2.24) is 19.7 Å². The number of aromatic amines is 1. The van der Waals surface area contributed by atoms with Gasteiger partial charge in [0.25, 0.3) is 0 Å². The van der Waals surface area contributed by atoms with Crippen LogP contribution in [0.5, 0.6) is 0 Å². The van der Waals surface area contributed by atoms with E-state index in [1.54, 1.807) is 24.3 Å². The first-order chi connectivity index (χ1) is 18.5. The Bertz CT molecular complexity index is 1780. The molecule has 6 rings (SSSR count). The maximum atomic E-state index is 13.2. The molecule has 5 aromatic rings. The van der Waals surface area contributed by atoms with Crippen molar-refractivity contribution in [3.8, 4) is 0 Å². The Labute approximate surface area is 224 Å². The zero-order chi connectivity index (χ0) is 27.4. The van der Waals surface area contributed by atoms with Gasteiger partial charge in [0, 0.05) is 0 Å². The summed E-state index contributed by atoms with van der Waals surface area (Å²) in [5.41, 5.74) is 2.67. The van der Waals surface area contributed by atoms with Gasteiger partial charge in [0.05, 0.1) is 39.3 Å². The second-order valence-corrected chi connectivity index (χ2v) is 12.1. The predicted molar refractivity (Wildman–Crippen MR) is 142 cm³/mol. The smallest absolute Gasteiger partial charge is 0.351 e. The van der Waals surface area contributed by atoms with Crippen molar-refractivity contribution in [2.24, 2.45) is 0 Å². The number of hydrogen-bond acceptors (Lipinski definition) is 7. The predicted octanol–water partition coefficient (Wildman–Crippen LogP) is 5.48. The lowest BCUT2D eigenvalue weighted by Gasteiger charge is -2.17. The van der Waals surface area contributed by atoms with E-state index in [0.717, 1.165) is 40.1 Å². The van der Waals surface area contributed by atoms with Gasteiger partial charge in [0.1, 0.15) is 11.1 Å². The number of benzene rings is 3. The van der Waals surface area contributed by atoms with Crippen LogP contribution in [0.2, 0.25) is 0 Å². The van der Waals surface area contributed by atoms with Gasteiger partial charge in [-0.2, -0.15) is 13.2 Å². The van der Waals surface area contributed by atoms with Crippen LogP contribution < -0.4 is 10.0 Å². The third kappa shape index (κ3) is 5.06. The minimum absolute atomic E-state index is 0.126. The summed E-state index contributed by atoms with van der Waals surface area (Å²) in [5.74, 6) is 0.0834. The first-order valence-electron chi connectivity index (χ1n) is 11.9. The van der Waals surface area contributed by atoms with Crippen LogP contribution in [0.25, 0.3) is 21.3 Å². The van der Waals surface area contributed by atoms with Crippen molar-refractivity contribution in [2.45, 2.75) is 30.3 Å². The summed E-state index contributed by atoms with van der Waals surface area (Å²) in [6.45, 7) is 0. The van der Waals surface area contributed by atoms with Crippen molar-refractivity contribution in [3.63, 3.8) is 0 Å².